The first-order valence-electron chi connectivity index (χ1n) is 10.2. The summed E-state index contributed by atoms with van der Waals surface area (Å²) >= 11 is 0. The molecule has 2 aliphatic rings. The standard InChI is InChI=1S/C21H22N6O5/c1-21(2,30)32-14-7-11(8-26-18(28)12-5-3-4-6-13(12)19(26)29)31-20(14)27-10-25-15-16(22)23-9-24-17(15)27/h3-6,9-11,14,20,30H,7-8H2,1-2H3,(H2,22,23,24)/t11-,14-,20+/m0/s1. The summed E-state index contributed by atoms with van der Waals surface area (Å²) in [6, 6.07) is 6.71. The minimum atomic E-state index is -1.43. The first kappa shape index (κ1) is 20.5. The first-order chi connectivity index (χ1) is 15.2. The Hall–Kier alpha value is -3.41. The largest absolute Gasteiger partial charge is 0.382 e. The molecule has 0 spiro atoms. The Bertz CT molecular complexity index is 1180. The third kappa shape index (κ3) is 3.40. The molecule has 1 aromatic carbocycles. The third-order valence-corrected chi connectivity index (χ3v) is 5.51. The number of hydrogen-bond acceptors (Lipinski definition) is 9. The zero-order valence-corrected chi connectivity index (χ0v) is 17.5. The number of amides is 2. The van der Waals surface area contributed by atoms with Crippen molar-refractivity contribution < 1.29 is 24.2 Å². The Morgan fingerprint density at radius 1 is 1.19 bits per heavy atom. The number of nitrogens with two attached hydrogens (primary N) is 1. The van der Waals surface area contributed by atoms with Crippen LogP contribution in [0.1, 0.15) is 47.2 Å². The van der Waals surface area contributed by atoms with Crippen molar-refractivity contribution in [3.63, 3.8) is 0 Å². The third-order valence-electron chi connectivity index (χ3n) is 5.51. The number of imidazole rings is 1. The highest BCUT2D eigenvalue weighted by atomic mass is 16.7. The highest BCUT2D eigenvalue weighted by Gasteiger charge is 2.44. The van der Waals surface area contributed by atoms with Gasteiger partial charge in [0.2, 0.25) is 0 Å². The molecule has 32 heavy (non-hydrogen) atoms. The van der Waals surface area contributed by atoms with Crippen molar-refractivity contribution in [2.45, 2.75) is 44.5 Å². The molecule has 3 atom stereocenters. The van der Waals surface area contributed by atoms with Crippen LogP contribution in [-0.4, -0.2) is 65.9 Å². The maximum absolute atomic E-state index is 12.8. The van der Waals surface area contributed by atoms with Crippen molar-refractivity contribution in [2.75, 3.05) is 12.3 Å². The van der Waals surface area contributed by atoms with E-state index in [9.17, 15) is 14.7 Å². The van der Waals surface area contributed by atoms with Crippen molar-refractivity contribution in [3.05, 3.63) is 48.0 Å². The predicted molar refractivity (Wildman–Crippen MR) is 111 cm³/mol. The number of nitrogens with zero attached hydrogens (tertiary/aromatic N) is 5. The number of aliphatic hydroxyl groups is 1. The maximum atomic E-state index is 12.8. The number of nitrogen functional groups attached to an aromatic ring is 1. The summed E-state index contributed by atoms with van der Waals surface area (Å²) in [7, 11) is 0. The van der Waals surface area contributed by atoms with E-state index in [2.05, 4.69) is 15.0 Å². The first-order valence-corrected chi connectivity index (χ1v) is 10.2. The van der Waals surface area contributed by atoms with Crippen molar-refractivity contribution in [3.8, 4) is 0 Å². The van der Waals surface area contributed by atoms with Gasteiger partial charge in [-0.1, -0.05) is 12.1 Å². The van der Waals surface area contributed by atoms with Crippen molar-refractivity contribution in [2.24, 2.45) is 0 Å². The molecular weight excluding hydrogens is 416 g/mol. The van der Waals surface area contributed by atoms with Crippen molar-refractivity contribution in [1.29, 1.82) is 0 Å². The van der Waals surface area contributed by atoms with Crippen LogP contribution >= 0.6 is 0 Å². The average molecular weight is 438 g/mol. The fourth-order valence-electron chi connectivity index (χ4n) is 4.22. The molecule has 0 radical (unpaired) electrons. The lowest BCUT2D eigenvalue weighted by atomic mass is 10.1. The summed E-state index contributed by atoms with van der Waals surface area (Å²) in [5.74, 6) is -1.91. The number of ether oxygens (including phenoxy) is 2. The highest BCUT2D eigenvalue weighted by Crippen LogP contribution is 2.36. The van der Waals surface area contributed by atoms with E-state index in [-0.39, 0.29) is 24.2 Å². The summed E-state index contributed by atoms with van der Waals surface area (Å²) in [4.78, 5) is 39.2. The molecule has 2 aromatic heterocycles. The van der Waals surface area contributed by atoms with Crippen molar-refractivity contribution >= 4 is 28.8 Å². The molecule has 1 fully saturated rings. The quantitative estimate of drug-likeness (QED) is 0.442. The van der Waals surface area contributed by atoms with Gasteiger partial charge in [0.05, 0.1) is 30.1 Å². The number of hydrogen-bond donors (Lipinski definition) is 2. The Balaban J connectivity index is 1.43. The normalized spacial score (nSPS) is 23.3. The number of rotatable bonds is 5. The minimum Gasteiger partial charge on any atom is -0.382 e. The molecule has 0 aliphatic carbocycles. The molecule has 1 saturated heterocycles. The molecule has 11 nitrogen and oxygen atoms in total. The molecule has 0 bridgehead atoms. The maximum Gasteiger partial charge on any atom is 0.261 e. The Labute approximate surface area is 182 Å². The van der Waals surface area contributed by atoms with Gasteiger partial charge in [0.15, 0.2) is 23.5 Å². The predicted octanol–water partition coefficient (Wildman–Crippen LogP) is 1.11. The second-order valence-corrected chi connectivity index (χ2v) is 8.34. The van der Waals surface area contributed by atoms with Gasteiger partial charge in [-0.3, -0.25) is 19.1 Å². The number of anilines is 1. The number of carbonyl (C=O) groups is 2. The Kier molecular flexibility index (Phi) is 4.69. The minimum absolute atomic E-state index is 0.0539. The molecule has 5 rings (SSSR count). The van der Waals surface area contributed by atoms with Crippen LogP contribution in [0.5, 0.6) is 0 Å². The van der Waals surface area contributed by atoms with Gasteiger partial charge in [0, 0.05) is 6.42 Å². The lowest BCUT2D eigenvalue weighted by molar-refractivity contribution is -0.222. The summed E-state index contributed by atoms with van der Waals surface area (Å²) in [5, 5.41) is 10.3. The topological polar surface area (TPSA) is 146 Å². The summed E-state index contributed by atoms with van der Waals surface area (Å²) < 4.78 is 13.7. The highest BCUT2D eigenvalue weighted by molar-refractivity contribution is 6.21. The summed E-state index contributed by atoms with van der Waals surface area (Å²) in [6.07, 6.45) is 1.36. The SMILES string of the molecule is CC(C)(O)O[C@H]1C[C@@H](CN2C(=O)c3ccccc3C2=O)O[C@H]1n1cnc2c(N)ncnc21. The van der Waals surface area contributed by atoms with Gasteiger partial charge < -0.3 is 20.3 Å². The molecule has 0 unspecified atom stereocenters. The monoisotopic (exact) mass is 438 g/mol. The van der Waals surface area contributed by atoms with E-state index in [4.69, 9.17) is 15.2 Å². The number of fused-ring (bicyclic) bond motifs is 2. The van der Waals surface area contributed by atoms with Crippen LogP contribution < -0.4 is 5.73 Å². The second kappa shape index (κ2) is 7.33. The molecular formula is C21H22N6O5. The van der Waals surface area contributed by atoms with Gasteiger partial charge in [-0.05, 0) is 26.0 Å². The van der Waals surface area contributed by atoms with Gasteiger partial charge in [-0.15, -0.1) is 0 Å². The van der Waals surface area contributed by atoms with Crippen LogP contribution in [-0.2, 0) is 9.47 Å². The molecule has 2 aliphatic heterocycles. The zero-order valence-electron chi connectivity index (χ0n) is 17.5. The number of aromatic nitrogens is 4. The lowest BCUT2D eigenvalue weighted by Gasteiger charge is -2.27. The van der Waals surface area contributed by atoms with E-state index >= 15 is 0 Å². The van der Waals surface area contributed by atoms with Gasteiger partial charge in [-0.25, -0.2) is 15.0 Å². The van der Waals surface area contributed by atoms with Gasteiger partial charge in [0.25, 0.3) is 11.8 Å². The van der Waals surface area contributed by atoms with Crippen LogP contribution in [0.4, 0.5) is 5.82 Å². The summed E-state index contributed by atoms with van der Waals surface area (Å²) in [6.45, 7) is 3.10. The van der Waals surface area contributed by atoms with Crippen LogP contribution in [0, 0.1) is 0 Å². The van der Waals surface area contributed by atoms with Crippen LogP contribution in [0.15, 0.2) is 36.9 Å². The lowest BCUT2D eigenvalue weighted by Crippen LogP contribution is -2.37. The van der Waals surface area contributed by atoms with Crippen LogP contribution in [0.25, 0.3) is 11.2 Å². The van der Waals surface area contributed by atoms with E-state index in [1.54, 1.807) is 28.8 Å². The number of benzene rings is 1. The molecule has 166 valence electrons. The van der Waals surface area contributed by atoms with Crippen LogP contribution in [0.3, 0.4) is 0 Å². The van der Waals surface area contributed by atoms with E-state index in [0.29, 0.717) is 28.7 Å². The Morgan fingerprint density at radius 2 is 1.88 bits per heavy atom. The number of carbonyl (C=O) groups excluding carboxylic acids is 2. The Morgan fingerprint density at radius 3 is 2.53 bits per heavy atom. The molecule has 0 saturated carbocycles. The summed E-state index contributed by atoms with van der Waals surface area (Å²) in [5.41, 5.74) is 7.52. The van der Waals surface area contributed by atoms with Crippen molar-refractivity contribution in [1.82, 2.24) is 24.4 Å². The van der Waals surface area contributed by atoms with Gasteiger partial charge >= 0.3 is 0 Å². The molecule has 3 aromatic rings. The second-order valence-electron chi connectivity index (χ2n) is 8.34. The molecule has 3 N–H and O–H groups in total. The average Bonchev–Trinajstić information content (AvgIpc) is 3.39. The zero-order chi connectivity index (χ0) is 22.6. The van der Waals surface area contributed by atoms with E-state index in [1.165, 1.54) is 31.4 Å². The fourth-order valence-corrected chi connectivity index (χ4v) is 4.22. The molecule has 2 amide bonds. The van der Waals surface area contributed by atoms with E-state index in [1.807, 2.05) is 0 Å². The van der Waals surface area contributed by atoms with E-state index < -0.39 is 24.2 Å². The van der Waals surface area contributed by atoms with Gasteiger partial charge in [-0.2, -0.15) is 0 Å². The van der Waals surface area contributed by atoms with Crippen LogP contribution in [0.2, 0.25) is 0 Å². The fraction of sp³-hybridized carbons (Fsp3) is 0.381. The number of imide groups is 1. The smallest absolute Gasteiger partial charge is 0.261 e. The molecule has 11 heteroatoms. The molecule has 4 heterocycles. The van der Waals surface area contributed by atoms with E-state index in [0.717, 1.165) is 0 Å². The van der Waals surface area contributed by atoms with Gasteiger partial charge in [0.1, 0.15) is 17.9 Å².